The molecule has 0 aliphatic rings. The quantitative estimate of drug-likeness (QED) is 0.584. The Morgan fingerprint density at radius 1 is 0.778 bits per heavy atom. The maximum absolute atomic E-state index is 4.62. The van der Waals surface area contributed by atoms with Crippen LogP contribution in [0.3, 0.4) is 0 Å². The second-order valence-electron chi connectivity index (χ2n) is 3.82. The molecule has 4 aromatic rings. The normalized spacial score (nSPS) is 11.3. The summed E-state index contributed by atoms with van der Waals surface area (Å²) in [5, 5.41) is 1.98. The second-order valence-corrected chi connectivity index (χ2v) is 5.77. The number of nitrogens with zero attached hydrogens (tertiary/aromatic N) is 2. The van der Waals surface area contributed by atoms with E-state index in [2.05, 4.69) is 19.9 Å². The first kappa shape index (κ1) is 10.0. The summed E-state index contributed by atoms with van der Waals surface area (Å²) in [5.41, 5.74) is 2.10. The lowest BCUT2D eigenvalue weighted by atomic mass is 10.4. The molecular weight excluding hydrogens is 264 g/mol. The Hall–Kier alpha value is -1.92. The third-order valence-electron chi connectivity index (χ3n) is 2.63. The minimum Gasteiger partial charge on any atom is -0.359 e. The molecule has 0 radical (unpaired) electrons. The smallest absolute Gasteiger partial charge is 0.156 e. The maximum atomic E-state index is 4.62. The lowest BCUT2D eigenvalue weighted by Gasteiger charge is -1.89. The second kappa shape index (κ2) is 3.79. The van der Waals surface area contributed by atoms with Crippen LogP contribution in [0, 0.1) is 0 Å². The predicted octanol–water partition coefficient (Wildman–Crippen LogP) is 3.74. The van der Waals surface area contributed by atoms with Crippen molar-refractivity contribution in [3.8, 4) is 21.4 Å². The van der Waals surface area contributed by atoms with Crippen LogP contribution in [-0.2, 0) is 0 Å². The Kier molecular flexibility index (Phi) is 2.12. The van der Waals surface area contributed by atoms with Crippen molar-refractivity contribution in [1.82, 2.24) is 19.9 Å². The molecule has 0 aromatic carbocycles. The summed E-state index contributed by atoms with van der Waals surface area (Å²) in [6.45, 7) is 0. The van der Waals surface area contributed by atoms with Crippen molar-refractivity contribution in [2.45, 2.75) is 0 Å². The summed E-state index contributed by atoms with van der Waals surface area (Å²) >= 11 is 3.23. The molecule has 0 atom stereocenters. The molecule has 6 heteroatoms. The van der Waals surface area contributed by atoms with Gasteiger partial charge in [-0.1, -0.05) is 22.7 Å². The Bertz CT molecular complexity index is 682. The molecule has 0 spiro atoms. The molecule has 0 fully saturated rings. The number of H-pyrrole nitrogens is 2. The van der Waals surface area contributed by atoms with E-state index in [0.29, 0.717) is 0 Å². The number of aromatic nitrogens is 4. The number of hydrogen-bond acceptors (Lipinski definition) is 4. The van der Waals surface area contributed by atoms with E-state index in [4.69, 9.17) is 0 Å². The Morgan fingerprint density at radius 3 is 1.67 bits per heavy atom. The van der Waals surface area contributed by atoms with Gasteiger partial charge in [-0.15, -0.1) is 0 Å². The van der Waals surface area contributed by atoms with Crippen LogP contribution in [0.15, 0.2) is 36.7 Å². The maximum Gasteiger partial charge on any atom is 0.156 e. The highest BCUT2D eigenvalue weighted by molar-refractivity contribution is 7.29. The molecule has 0 aliphatic carbocycles. The lowest BCUT2D eigenvalue weighted by Crippen LogP contribution is -1.73. The first-order chi connectivity index (χ1) is 8.90. The van der Waals surface area contributed by atoms with E-state index in [1.165, 1.54) is 0 Å². The lowest BCUT2D eigenvalue weighted by molar-refractivity contribution is 1.37. The van der Waals surface area contributed by atoms with E-state index in [1.807, 2.05) is 36.7 Å². The van der Waals surface area contributed by atoms with Crippen molar-refractivity contribution in [3.63, 3.8) is 0 Å². The number of nitrogens with one attached hydrogen (secondary N) is 2. The third kappa shape index (κ3) is 1.50. The van der Waals surface area contributed by atoms with Crippen molar-refractivity contribution < 1.29 is 0 Å². The molecule has 0 saturated carbocycles. The molecule has 0 aliphatic heterocycles. The van der Waals surface area contributed by atoms with Crippen molar-refractivity contribution in [2.24, 2.45) is 0 Å². The van der Waals surface area contributed by atoms with Crippen molar-refractivity contribution in [1.29, 1.82) is 0 Å². The van der Waals surface area contributed by atoms with Gasteiger partial charge in [0, 0.05) is 12.4 Å². The zero-order valence-corrected chi connectivity index (χ0v) is 10.8. The van der Waals surface area contributed by atoms with Crippen LogP contribution in [-0.4, -0.2) is 19.9 Å². The first-order valence-electron chi connectivity index (χ1n) is 5.45. The summed E-state index contributed by atoms with van der Waals surface area (Å²) < 4.78 is 0. The van der Waals surface area contributed by atoms with Gasteiger partial charge >= 0.3 is 0 Å². The van der Waals surface area contributed by atoms with E-state index < -0.39 is 0 Å². The highest BCUT2D eigenvalue weighted by Gasteiger charge is 2.13. The number of thiazole rings is 2. The van der Waals surface area contributed by atoms with E-state index in [0.717, 1.165) is 31.1 Å². The highest BCUT2D eigenvalue weighted by atomic mass is 32.1. The van der Waals surface area contributed by atoms with Gasteiger partial charge in [0.1, 0.15) is 10.0 Å². The largest absolute Gasteiger partial charge is 0.359 e. The van der Waals surface area contributed by atoms with Crippen molar-refractivity contribution in [3.05, 3.63) is 36.7 Å². The number of hydrogen-bond donors (Lipinski definition) is 2. The minimum absolute atomic E-state index is 0.992. The van der Waals surface area contributed by atoms with Gasteiger partial charge in [-0.2, -0.15) is 0 Å². The summed E-state index contributed by atoms with van der Waals surface area (Å²) in [5.74, 6) is 0. The van der Waals surface area contributed by atoms with Gasteiger partial charge in [-0.05, 0) is 24.3 Å². The molecule has 4 nitrogen and oxygen atoms in total. The van der Waals surface area contributed by atoms with Crippen LogP contribution in [0.2, 0.25) is 0 Å². The summed E-state index contributed by atoms with van der Waals surface area (Å²) in [4.78, 5) is 17.5. The summed E-state index contributed by atoms with van der Waals surface area (Å²) in [6, 6.07) is 7.99. The minimum atomic E-state index is 0.992. The summed E-state index contributed by atoms with van der Waals surface area (Å²) in [6.07, 6.45) is 3.81. The molecule has 0 unspecified atom stereocenters. The van der Waals surface area contributed by atoms with Gasteiger partial charge in [-0.3, -0.25) is 0 Å². The highest BCUT2D eigenvalue weighted by Crippen LogP contribution is 2.35. The Labute approximate surface area is 110 Å². The van der Waals surface area contributed by atoms with Crippen LogP contribution < -0.4 is 0 Å². The number of rotatable bonds is 2. The van der Waals surface area contributed by atoms with Crippen LogP contribution in [0.4, 0.5) is 0 Å². The zero-order valence-electron chi connectivity index (χ0n) is 9.18. The van der Waals surface area contributed by atoms with Gasteiger partial charge < -0.3 is 9.97 Å². The van der Waals surface area contributed by atoms with E-state index in [-0.39, 0.29) is 0 Å². The van der Waals surface area contributed by atoms with E-state index >= 15 is 0 Å². The predicted molar refractivity (Wildman–Crippen MR) is 74.9 cm³/mol. The van der Waals surface area contributed by atoms with E-state index in [9.17, 15) is 0 Å². The molecule has 2 N–H and O–H groups in total. The van der Waals surface area contributed by atoms with Crippen LogP contribution in [0.25, 0.3) is 31.1 Å². The molecule has 4 aromatic heterocycles. The van der Waals surface area contributed by atoms with Gasteiger partial charge in [0.25, 0.3) is 0 Å². The van der Waals surface area contributed by atoms with E-state index in [1.54, 1.807) is 22.7 Å². The van der Waals surface area contributed by atoms with Crippen molar-refractivity contribution >= 4 is 32.3 Å². The van der Waals surface area contributed by atoms with Crippen LogP contribution in [0.1, 0.15) is 0 Å². The number of aromatic amines is 2. The Balaban J connectivity index is 1.82. The van der Waals surface area contributed by atoms with Crippen LogP contribution in [0.5, 0.6) is 0 Å². The van der Waals surface area contributed by atoms with Gasteiger partial charge in [0.05, 0.1) is 11.4 Å². The SMILES string of the molecule is c1c[nH]c(-c2nc3sc(-c4ccc[nH]4)nc3s2)c1. The standard InChI is InChI=1S/C12H8N4S2/c1-3-7(13-5-1)9-15-11-12(17-9)16-10(18-11)8-4-2-6-14-8/h1-6,13-14H. The van der Waals surface area contributed by atoms with Gasteiger partial charge in [0.2, 0.25) is 0 Å². The first-order valence-corrected chi connectivity index (χ1v) is 7.08. The molecule has 4 rings (SSSR count). The molecule has 0 amide bonds. The van der Waals surface area contributed by atoms with Gasteiger partial charge in [0.15, 0.2) is 9.66 Å². The number of fused-ring (bicyclic) bond motifs is 1. The molecule has 88 valence electrons. The van der Waals surface area contributed by atoms with Crippen molar-refractivity contribution in [2.75, 3.05) is 0 Å². The average molecular weight is 272 g/mol. The third-order valence-corrected chi connectivity index (χ3v) is 4.73. The fourth-order valence-electron chi connectivity index (χ4n) is 1.80. The average Bonchev–Trinajstić information content (AvgIpc) is 3.13. The monoisotopic (exact) mass is 272 g/mol. The van der Waals surface area contributed by atoms with Gasteiger partial charge in [-0.25, -0.2) is 9.97 Å². The molecular formula is C12H8N4S2. The summed E-state index contributed by atoms with van der Waals surface area (Å²) in [7, 11) is 0. The molecule has 0 saturated heterocycles. The fraction of sp³-hybridized carbons (Fsp3) is 0. The van der Waals surface area contributed by atoms with Crippen LogP contribution >= 0.6 is 22.7 Å². The Morgan fingerprint density at radius 2 is 1.28 bits per heavy atom. The molecule has 18 heavy (non-hydrogen) atoms. The molecule has 4 heterocycles. The fourth-order valence-corrected chi connectivity index (χ4v) is 3.82. The zero-order chi connectivity index (χ0) is 11.9. The topological polar surface area (TPSA) is 57.4 Å². The molecule has 0 bridgehead atoms.